The minimum absolute atomic E-state index is 0.0364. The number of carbonyl (C=O) groups is 3. The van der Waals surface area contributed by atoms with E-state index >= 15 is 0 Å². The molecule has 2 N–H and O–H groups in total. The third kappa shape index (κ3) is 3.72. The van der Waals surface area contributed by atoms with E-state index in [0.717, 1.165) is 19.4 Å². The predicted molar refractivity (Wildman–Crippen MR) is 77.5 cm³/mol. The van der Waals surface area contributed by atoms with E-state index in [2.05, 4.69) is 10.6 Å². The first-order valence-corrected chi connectivity index (χ1v) is 7.63. The minimum atomic E-state index is -0.576. The smallest absolute Gasteiger partial charge is 0.312 e. The van der Waals surface area contributed by atoms with Gasteiger partial charge >= 0.3 is 11.8 Å². The van der Waals surface area contributed by atoms with E-state index < -0.39 is 11.8 Å². The van der Waals surface area contributed by atoms with Gasteiger partial charge in [-0.2, -0.15) is 0 Å². The summed E-state index contributed by atoms with van der Waals surface area (Å²) in [6, 6.07) is 0.325. The zero-order valence-corrected chi connectivity index (χ0v) is 12.7. The molecule has 2 aliphatic heterocycles. The highest BCUT2D eigenvalue weighted by molar-refractivity contribution is 6.35. The van der Waals surface area contributed by atoms with Crippen LogP contribution in [0.25, 0.3) is 0 Å². The molecule has 0 bridgehead atoms. The molecule has 2 fully saturated rings. The van der Waals surface area contributed by atoms with E-state index in [0.29, 0.717) is 19.6 Å². The van der Waals surface area contributed by atoms with Gasteiger partial charge in [-0.1, -0.05) is 0 Å². The largest absolute Gasteiger partial charge is 0.350 e. The average molecular weight is 296 g/mol. The number of likely N-dealkylation sites (N-methyl/N-ethyl adjacent to an activating group) is 1. The van der Waals surface area contributed by atoms with E-state index in [4.69, 9.17) is 0 Å². The Bertz CT molecular complexity index is 426. The van der Waals surface area contributed by atoms with Gasteiger partial charge in [0.2, 0.25) is 5.91 Å². The van der Waals surface area contributed by atoms with Crippen LogP contribution in [0.15, 0.2) is 0 Å². The van der Waals surface area contributed by atoms with E-state index in [-0.39, 0.29) is 24.5 Å². The molecule has 2 aliphatic rings. The van der Waals surface area contributed by atoms with Crippen molar-refractivity contribution in [3.63, 3.8) is 0 Å². The van der Waals surface area contributed by atoms with Gasteiger partial charge < -0.3 is 20.4 Å². The Morgan fingerprint density at radius 2 is 1.95 bits per heavy atom. The fourth-order valence-electron chi connectivity index (χ4n) is 2.83. The Hall–Kier alpha value is -1.63. The Kier molecular flexibility index (Phi) is 5.17. The number of rotatable bonds is 4. The maximum absolute atomic E-state index is 12.1. The third-order valence-electron chi connectivity index (χ3n) is 4.22. The summed E-state index contributed by atoms with van der Waals surface area (Å²) < 4.78 is 0. The van der Waals surface area contributed by atoms with Crippen molar-refractivity contribution in [2.45, 2.75) is 38.8 Å². The third-order valence-corrected chi connectivity index (χ3v) is 4.22. The van der Waals surface area contributed by atoms with Crippen molar-refractivity contribution in [1.82, 2.24) is 20.4 Å². The zero-order valence-electron chi connectivity index (χ0n) is 12.7. The molecule has 2 rings (SSSR count). The van der Waals surface area contributed by atoms with E-state index in [9.17, 15) is 14.4 Å². The van der Waals surface area contributed by atoms with Crippen molar-refractivity contribution in [3.05, 3.63) is 0 Å². The Labute approximate surface area is 125 Å². The second-order valence-electron chi connectivity index (χ2n) is 5.67. The summed E-state index contributed by atoms with van der Waals surface area (Å²) in [5.74, 6) is -1.28. The summed E-state index contributed by atoms with van der Waals surface area (Å²) in [5.41, 5.74) is 0. The van der Waals surface area contributed by atoms with Crippen LogP contribution in [0.2, 0.25) is 0 Å². The van der Waals surface area contributed by atoms with Gasteiger partial charge in [-0.15, -0.1) is 0 Å². The van der Waals surface area contributed by atoms with Gasteiger partial charge in [0.05, 0.1) is 0 Å². The summed E-state index contributed by atoms with van der Waals surface area (Å²) in [6.45, 7) is 6.25. The summed E-state index contributed by atoms with van der Waals surface area (Å²) in [6.07, 6.45) is 1.97. The normalized spacial score (nSPS) is 27.0. The van der Waals surface area contributed by atoms with Crippen LogP contribution < -0.4 is 10.6 Å². The fourth-order valence-corrected chi connectivity index (χ4v) is 2.83. The molecule has 0 saturated carbocycles. The van der Waals surface area contributed by atoms with E-state index in [1.807, 2.05) is 13.8 Å². The van der Waals surface area contributed by atoms with Crippen molar-refractivity contribution in [2.24, 2.45) is 0 Å². The molecule has 2 saturated heterocycles. The number of nitrogens with one attached hydrogen (secondary N) is 2. The molecule has 118 valence electrons. The lowest BCUT2D eigenvalue weighted by Crippen LogP contribution is -2.58. The summed E-state index contributed by atoms with van der Waals surface area (Å²) >= 11 is 0. The molecule has 0 spiro atoms. The SMILES string of the molecule is CCN1CCN(CC(=O)NC2CCCNC2C)C(=O)C1=O. The van der Waals surface area contributed by atoms with Gasteiger partial charge in [0.15, 0.2) is 0 Å². The molecular weight excluding hydrogens is 272 g/mol. The van der Waals surface area contributed by atoms with Crippen molar-refractivity contribution in [2.75, 3.05) is 32.7 Å². The molecule has 2 unspecified atom stereocenters. The Morgan fingerprint density at radius 1 is 1.29 bits per heavy atom. The lowest BCUT2D eigenvalue weighted by Gasteiger charge is -2.34. The van der Waals surface area contributed by atoms with Crippen LogP contribution in [0.1, 0.15) is 26.7 Å². The van der Waals surface area contributed by atoms with Gasteiger partial charge in [0.1, 0.15) is 6.54 Å². The summed E-state index contributed by atoms with van der Waals surface area (Å²) in [4.78, 5) is 38.6. The molecule has 0 aromatic rings. The molecule has 2 heterocycles. The summed E-state index contributed by atoms with van der Waals surface area (Å²) in [5, 5.41) is 6.27. The van der Waals surface area contributed by atoms with Crippen molar-refractivity contribution in [3.8, 4) is 0 Å². The van der Waals surface area contributed by atoms with Crippen LogP contribution in [0.3, 0.4) is 0 Å². The molecular formula is C14H24N4O3. The van der Waals surface area contributed by atoms with Crippen LogP contribution in [0.4, 0.5) is 0 Å². The van der Waals surface area contributed by atoms with Crippen LogP contribution in [-0.2, 0) is 14.4 Å². The fraction of sp³-hybridized carbons (Fsp3) is 0.786. The monoisotopic (exact) mass is 296 g/mol. The van der Waals surface area contributed by atoms with Crippen molar-refractivity contribution in [1.29, 1.82) is 0 Å². The van der Waals surface area contributed by atoms with Crippen LogP contribution >= 0.6 is 0 Å². The molecule has 0 radical (unpaired) electrons. The quantitative estimate of drug-likeness (QED) is 0.648. The number of piperazine rings is 1. The first kappa shape index (κ1) is 15.8. The minimum Gasteiger partial charge on any atom is -0.350 e. The zero-order chi connectivity index (χ0) is 15.4. The lowest BCUT2D eigenvalue weighted by atomic mass is 10.00. The van der Waals surface area contributed by atoms with Crippen LogP contribution in [0, 0.1) is 0 Å². The van der Waals surface area contributed by atoms with E-state index in [1.54, 1.807) is 0 Å². The average Bonchev–Trinajstić information content (AvgIpc) is 2.47. The standard InChI is InChI=1S/C14H24N4O3/c1-3-17-7-8-18(14(21)13(17)20)9-12(19)16-11-5-4-6-15-10(11)2/h10-11,15H,3-9H2,1-2H3,(H,16,19). The van der Waals surface area contributed by atoms with Gasteiger partial charge in [-0.25, -0.2) is 0 Å². The molecule has 21 heavy (non-hydrogen) atoms. The second kappa shape index (κ2) is 6.89. The Morgan fingerprint density at radius 3 is 2.62 bits per heavy atom. The van der Waals surface area contributed by atoms with Gasteiger partial charge in [0.25, 0.3) is 0 Å². The number of hydrogen-bond acceptors (Lipinski definition) is 4. The van der Waals surface area contributed by atoms with Gasteiger partial charge in [-0.3, -0.25) is 14.4 Å². The second-order valence-corrected chi connectivity index (χ2v) is 5.67. The lowest BCUT2D eigenvalue weighted by molar-refractivity contribution is -0.156. The van der Waals surface area contributed by atoms with E-state index in [1.165, 1.54) is 9.80 Å². The molecule has 0 aliphatic carbocycles. The molecule has 0 aromatic carbocycles. The van der Waals surface area contributed by atoms with Gasteiger partial charge in [-0.05, 0) is 33.2 Å². The molecule has 3 amide bonds. The number of carbonyl (C=O) groups excluding carboxylic acids is 3. The molecule has 7 heteroatoms. The van der Waals surface area contributed by atoms with Crippen LogP contribution in [0.5, 0.6) is 0 Å². The number of hydrogen-bond donors (Lipinski definition) is 2. The van der Waals surface area contributed by atoms with Crippen LogP contribution in [-0.4, -0.2) is 72.3 Å². The van der Waals surface area contributed by atoms with Crippen molar-refractivity contribution >= 4 is 17.7 Å². The highest BCUT2D eigenvalue weighted by Crippen LogP contribution is 2.09. The first-order chi connectivity index (χ1) is 10.0. The number of piperidine rings is 1. The Balaban J connectivity index is 1.85. The first-order valence-electron chi connectivity index (χ1n) is 7.63. The highest BCUT2D eigenvalue weighted by atomic mass is 16.2. The topological polar surface area (TPSA) is 81.8 Å². The van der Waals surface area contributed by atoms with Crippen molar-refractivity contribution < 1.29 is 14.4 Å². The maximum atomic E-state index is 12.1. The van der Waals surface area contributed by atoms with Gasteiger partial charge in [0, 0.05) is 31.7 Å². The maximum Gasteiger partial charge on any atom is 0.312 e. The molecule has 0 aromatic heterocycles. The molecule has 7 nitrogen and oxygen atoms in total. The summed E-state index contributed by atoms with van der Waals surface area (Å²) in [7, 11) is 0. The number of nitrogens with zero attached hydrogens (tertiary/aromatic N) is 2. The predicted octanol–water partition coefficient (Wildman–Crippen LogP) is -1.07. The number of amides is 3. The highest BCUT2D eigenvalue weighted by Gasteiger charge is 2.33. The molecule has 2 atom stereocenters.